The van der Waals surface area contributed by atoms with Crippen molar-refractivity contribution in [2.45, 2.75) is 0 Å². The van der Waals surface area contributed by atoms with E-state index in [0.717, 1.165) is 22.0 Å². The third-order valence-electron chi connectivity index (χ3n) is 3.67. The van der Waals surface area contributed by atoms with Crippen LogP contribution in [0, 0.1) is 0 Å². The van der Waals surface area contributed by atoms with E-state index < -0.39 is 0 Å². The van der Waals surface area contributed by atoms with Crippen LogP contribution in [0.4, 0.5) is 0 Å². The van der Waals surface area contributed by atoms with Gasteiger partial charge in [0.2, 0.25) is 5.89 Å². The predicted molar refractivity (Wildman–Crippen MR) is 94.3 cm³/mol. The molecule has 132 valence electrons. The Labute approximate surface area is 148 Å². The maximum atomic E-state index is 8.36. The SMILES string of the molecule is COc1cc2nncc(-c3nc4ccccc4o3)c2cc1OC.O=CO. The molecule has 2 aromatic carbocycles. The third-order valence-corrected chi connectivity index (χ3v) is 3.67. The van der Waals surface area contributed by atoms with Crippen LogP contribution in [0.15, 0.2) is 47.0 Å². The Bertz CT molecular complexity index is 1030. The minimum Gasteiger partial charge on any atom is -0.493 e. The van der Waals surface area contributed by atoms with Crippen molar-refractivity contribution in [2.75, 3.05) is 14.2 Å². The quantitative estimate of drug-likeness (QED) is 0.560. The lowest BCUT2D eigenvalue weighted by Crippen LogP contribution is -1.94. The number of para-hydroxylation sites is 2. The van der Waals surface area contributed by atoms with Gasteiger partial charge in [-0.1, -0.05) is 12.1 Å². The smallest absolute Gasteiger partial charge is 0.290 e. The molecule has 0 atom stereocenters. The molecule has 0 spiro atoms. The van der Waals surface area contributed by atoms with Gasteiger partial charge < -0.3 is 19.0 Å². The van der Waals surface area contributed by atoms with Crippen LogP contribution in [0.1, 0.15) is 0 Å². The maximum Gasteiger partial charge on any atom is 0.290 e. The Balaban J connectivity index is 0.000000613. The molecule has 4 rings (SSSR count). The third kappa shape index (κ3) is 3.12. The molecular formula is C18H15N3O5. The number of rotatable bonds is 3. The highest BCUT2D eigenvalue weighted by molar-refractivity contribution is 5.94. The van der Waals surface area contributed by atoms with Crippen molar-refractivity contribution in [3.8, 4) is 23.0 Å². The van der Waals surface area contributed by atoms with E-state index in [1.807, 2.05) is 30.3 Å². The summed E-state index contributed by atoms with van der Waals surface area (Å²) in [7, 11) is 3.18. The van der Waals surface area contributed by atoms with Gasteiger partial charge in [-0.05, 0) is 18.2 Å². The summed E-state index contributed by atoms with van der Waals surface area (Å²) in [5.41, 5.74) is 2.97. The van der Waals surface area contributed by atoms with Crippen LogP contribution in [0.2, 0.25) is 0 Å². The van der Waals surface area contributed by atoms with Crippen molar-refractivity contribution in [1.82, 2.24) is 15.2 Å². The first-order chi connectivity index (χ1) is 12.7. The van der Waals surface area contributed by atoms with Crippen LogP contribution in [-0.4, -0.2) is 41.0 Å². The van der Waals surface area contributed by atoms with Crippen LogP contribution in [0.3, 0.4) is 0 Å². The number of methoxy groups -OCH3 is 2. The van der Waals surface area contributed by atoms with Crippen molar-refractivity contribution in [3.05, 3.63) is 42.6 Å². The number of fused-ring (bicyclic) bond motifs is 2. The second kappa shape index (κ2) is 7.47. The summed E-state index contributed by atoms with van der Waals surface area (Å²) in [6, 6.07) is 11.3. The van der Waals surface area contributed by atoms with Crippen LogP contribution >= 0.6 is 0 Å². The minimum absolute atomic E-state index is 0.250. The zero-order chi connectivity index (χ0) is 18.5. The number of benzene rings is 2. The molecule has 4 aromatic rings. The monoisotopic (exact) mass is 353 g/mol. The number of oxazole rings is 1. The number of aromatic nitrogens is 3. The van der Waals surface area contributed by atoms with E-state index in [9.17, 15) is 0 Å². The molecule has 8 nitrogen and oxygen atoms in total. The summed E-state index contributed by atoms with van der Waals surface area (Å²) in [6.07, 6.45) is 1.64. The molecule has 26 heavy (non-hydrogen) atoms. The standard InChI is InChI=1S/C17H13N3O3.CH2O2/c1-21-15-7-10-11(9-18-20-13(10)8-16(15)22-2)17-19-12-5-3-4-6-14(12)23-17;2-1-3/h3-9H,1-2H3;1H,(H,2,3). The summed E-state index contributed by atoms with van der Waals surface area (Å²) in [5.74, 6) is 1.72. The molecule has 2 heterocycles. The van der Waals surface area contributed by atoms with Gasteiger partial charge in [0.25, 0.3) is 6.47 Å². The Morgan fingerprint density at radius 3 is 2.46 bits per heavy atom. The summed E-state index contributed by atoms with van der Waals surface area (Å²) >= 11 is 0. The number of ether oxygens (including phenoxy) is 2. The lowest BCUT2D eigenvalue weighted by molar-refractivity contribution is -0.122. The lowest BCUT2D eigenvalue weighted by atomic mass is 10.1. The fourth-order valence-corrected chi connectivity index (χ4v) is 2.54. The highest BCUT2D eigenvalue weighted by Gasteiger charge is 2.15. The van der Waals surface area contributed by atoms with Crippen molar-refractivity contribution >= 4 is 28.5 Å². The van der Waals surface area contributed by atoms with Crippen molar-refractivity contribution in [2.24, 2.45) is 0 Å². The Morgan fingerprint density at radius 1 is 1.08 bits per heavy atom. The average Bonchev–Trinajstić information content (AvgIpc) is 3.11. The van der Waals surface area contributed by atoms with Gasteiger partial charge in [-0.25, -0.2) is 4.98 Å². The highest BCUT2D eigenvalue weighted by Crippen LogP contribution is 2.36. The Kier molecular flexibility index (Phi) is 4.93. The average molecular weight is 353 g/mol. The zero-order valence-electron chi connectivity index (χ0n) is 14.0. The van der Waals surface area contributed by atoms with Crippen LogP contribution in [0.5, 0.6) is 11.5 Å². The summed E-state index contributed by atoms with van der Waals surface area (Å²) < 4.78 is 16.5. The summed E-state index contributed by atoms with van der Waals surface area (Å²) in [4.78, 5) is 12.9. The van der Waals surface area contributed by atoms with Gasteiger partial charge in [0.15, 0.2) is 17.1 Å². The van der Waals surface area contributed by atoms with Crippen molar-refractivity contribution in [1.29, 1.82) is 0 Å². The Hall–Kier alpha value is -3.68. The van der Waals surface area contributed by atoms with Crippen LogP contribution in [0.25, 0.3) is 33.5 Å². The molecule has 0 unspecified atom stereocenters. The van der Waals surface area contributed by atoms with Crippen molar-refractivity contribution < 1.29 is 23.8 Å². The van der Waals surface area contributed by atoms with E-state index in [1.165, 1.54) is 0 Å². The molecule has 2 aromatic heterocycles. The molecule has 8 heteroatoms. The fourth-order valence-electron chi connectivity index (χ4n) is 2.54. The zero-order valence-corrected chi connectivity index (χ0v) is 14.0. The minimum atomic E-state index is -0.250. The van der Waals surface area contributed by atoms with Crippen LogP contribution in [-0.2, 0) is 4.79 Å². The number of hydrogen-bond donors (Lipinski definition) is 1. The number of carbonyl (C=O) groups is 1. The first-order valence-electron chi connectivity index (χ1n) is 7.53. The van der Waals surface area contributed by atoms with Gasteiger partial charge >= 0.3 is 0 Å². The van der Waals surface area contributed by atoms with Gasteiger partial charge in [0, 0.05) is 11.5 Å². The second-order valence-corrected chi connectivity index (χ2v) is 5.07. The molecule has 0 saturated heterocycles. The molecule has 0 bridgehead atoms. The van der Waals surface area contributed by atoms with Gasteiger partial charge in [-0.3, -0.25) is 4.79 Å². The van der Waals surface area contributed by atoms with E-state index in [0.29, 0.717) is 22.9 Å². The number of hydrogen-bond acceptors (Lipinski definition) is 7. The number of carboxylic acid groups (broad SMARTS) is 1. The molecule has 0 aliphatic carbocycles. The summed E-state index contributed by atoms with van der Waals surface area (Å²) in [5, 5.41) is 15.9. The molecule has 0 amide bonds. The normalized spacial score (nSPS) is 10.2. The van der Waals surface area contributed by atoms with Crippen LogP contribution < -0.4 is 9.47 Å². The van der Waals surface area contributed by atoms with Gasteiger partial charge in [-0.2, -0.15) is 10.2 Å². The van der Waals surface area contributed by atoms with E-state index in [-0.39, 0.29) is 6.47 Å². The molecule has 1 N–H and O–H groups in total. The molecule has 0 saturated carbocycles. The Morgan fingerprint density at radius 2 is 1.77 bits per heavy atom. The molecule has 0 radical (unpaired) electrons. The van der Waals surface area contributed by atoms with Gasteiger partial charge in [-0.15, -0.1) is 0 Å². The maximum absolute atomic E-state index is 8.36. The lowest BCUT2D eigenvalue weighted by Gasteiger charge is -2.09. The molecule has 0 aliphatic heterocycles. The largest absolute Gasteiger partial charge is 0.493 e. The second-order valence-electron chi connectivity index (χ2n) is 5.07. The summed E-state index contributed by atoms with van der Waals surface area (Å²) in [6.45, 7) is -0.250. The van der Waals surface area contributed by atoms with E-state index in [2.05, 4.69) is 15.2 Å². The first kappa shape index (κ1) is 17.2. The van der Waals surface area contributed by atoms with E-state index in [4.69, 9.17) is 23.8 Å². The predicted octanol–water partition coefficient (Wildman–Crippen LogP) is 3.16. The van der Waals surface area contributed by atoms with E-state index >= 15 is 0 Å². The number of nitrogens with zero attached hydrogens (tertiary/aromatic N) is 3. The van der Waals surface area contributed by atoms with E-state index in [1.54, 1.807) is 26.5 Å². The molecule has 0 aliphatic rings. The first-order valence-corrected chi connectivity index (χ1v) is 7.53. The van der Waals surface area contributed by atoms with Gasteiger partial charge in [0.05, 0.1) is 31.5 Å². The molecular weight excluding hydrogens is 338 g/mol. The molecule has 0 fully saturated rings. The highest BCUT2D eigenvalue weighted by atomic mass is 16.5. The van der Waals surface area contributed by atoms with Crippen molar-refractivity contribution in [3.63, 3.8) is 0 Å². The topological polar surface area (TPSA) is 108 Å². The fraction of sp³-hybridized carbons (Fsp3) is 0.111. The van der Waals surface area contributed by atoms with Gasteiger partial charge in [0.1, 0.15) is 5.52 Å².